The second kappa shape index (κ2) is 3.56. The molecule has 0 radical (unpaired) electrons. The van der Waals surface area contributed by atoms with Crippen molar-refractivity contribution in [3.05, 3.63) is 36.0 Å². The summed E-state index contributed by atoms with van der Waals surface area (Å²) in [5, 5.41) is 10.3. The van der Waals surface area contributed by atoms with Gasteiger partial charge in [-0.15, -0.1) is 0 Å². The van der Waals surface area contributed by atoms with Crippen LogP contribution in [-0.2, 0) is 4.79 Å². The van der Waals surface area contributed by atoms with Crippen LogP contribution < -0.4 is 0 Å². The van der Waals surface area contributed by atoms with Gasteiger partial charge in [-0.2, -0.15) is 11.8 Å². The number of rotatable bonds is 2. The smallest absolute Gasteiger partial charge is 0.308 e. The van der Waals surface area contributed by atoms with Gasteiger partial charge in [0.2, 0.25) is 0 Å². The molecule has 1 fully saturated rings. The molecule has 2 N–H and O–H groups in total. The average Bonchev–Trinajstić information content (AvgIpc) is 2.60. The van der Waals surface area contributed by atoms with Crippen LogP contribution in [0.25, 0.3) is 10.9 Å². The van der Waals surface area contributed by atoms with Crippen molar-refractivity contribution < 1.29 is 9.90 Å². The van der Waals surface area contributed by atoms with Crippen LogP contribution >= 0.6 is 11.8 Å². The molecule has 0 spiro atoms. The van der Waals surface area contributed by atoms with Crippen LogP contribution in [0.2, 0.25) is 0 Å². The number of hydrogen-bond acceptors (Lipinski definition) is 2. The van der Waals surface area contributed by atoms with Gasteiger partial charge < -0.3 is 10.1 Å². The van der Waals surface area contributed by atoms with Crippen LogP contribution in [-0.4, -0.2) is 21.8 Å². The first-order valence-electron chi connectivity index (χ1n) is 5.18. The number of aromatic nitrogens is 1. The molecule has 0 aliphatic carbocycles. The summed E-state index contributed by atoms with van der Waals surface area (Å²) in [6, 6.07) is 8.01. The highest BCUT2D eigenvalue weighted by Gasteiger charge is 2.39. The summed E-state index contributed by atoms with van der Waals surface area (Å²) in [7, 11) is 0. The minimum absolute atomic E-state index is 0.105. The fourth-order valence-corrected chi connectivity index (χ4v) is 3.34. The Bertz CT molecular complexity index is 549. The lowest BCUT2D eigenvalue weighted by Gasteiger charge is -2.32. The van der Waals surface area contributed by atoms with Gasteiger partial charge in [-0.05, 0) is 11.6 Å². The maximum absolute atomic E-state index is 11.0. The zero-order valence-corrected chi connectivity index (χ0v) is 9.33. The van der Waals surface area contributed by atoms with Crippen LogP contribution in [0.15, 0.2) is 30.5 Å². The van der Waals surface area contributed by atoms with Gasteiger partial charge in [-0.1, -0.05) is 18.2 Å². The van der Waals surface area contributed by atoms with Crippen molar-refractivity contribution >= 4 is 28.6 Å². The Morgan fingerprint density at radius 3 is 2.94 bits per heavy atom. The summed E-state index contributed by atoms with van der Waals surface area (Å²) in [5.41, 5.74) is 2.20. The van der Waals surface area contributed by atoms with E-state index in [9.17, 15) is 4.79 Å². The number of carbonyl (C=O) groups is 1. The molecule has 2 atom stereocenters. The molecule has 2 aromatic rings. The number of aliphatic carboxylic acids is 1. The highest BCUT2D eigenvalue weighted by atomic mass is 32.2. The lowest BCUT2D eigenvalue weighted by molar-refractivity contribution is -0.141. The van der Waals surface area contributed by atoms with Crippen molar-refractivity contribution in [1.82, 2.24) is 4.98 Å². The van der Waals surface area contributed by atoms with Crippen molar-refractivity contribution in [1.29, 1.82) is 0 Å². The minimum atomic E-state index is -0.686. The molecule has 2 unspecified atom stereocenters. The number of benzene rings is 1. The van der Waals surface area contributed by atoms with E-state index in [0.717, 1.165) is 22.2 Å². The third-order valence-corrected chi connectivity index (χ3v) is 4.56. The molecule has 3 nitrogen and oxygen atoms in total. The van der Waals surface area contributed by atoms with Gasteiger partial charge in [0.05, 0.1) is 5.92 Å². The van der Waals surface area contributed by atoms with E-state index in [4.69, 9.17) is 5.11 Å². The van der Waals surface area contributed by atoms with Crippen LogP contribution in [0.5, 0.6) is 0 Å². The quantitative estimate of drug-likeness (QED) is 0.838. The van der Waals surface area contributed by atoms with Crippen molar-refractivity contribution in [2.75, 3.05) is 5.75 Å². The van der Waals surface area contributed by atoms with E-state index in [1.54, 1.807) is 11.8 Å². The van der Waals surface area contributed by atoms with Gasteiger partial charge in [0.25, 0.3) is 0 Å². The predicted octanol–water partition coefficient (Wildman–Crippen LogP) is 2.66. The van der Waals surface area contributed by atoms with Crippen molar-refractivity contribution in [3.8, 4) is 0 Å². The summed E-state index contributed by atoms with van der Waals surface area (Å²) < 4.78 is 0. The van der Waals surface area contributed by atoms with E-state index in [0.29, 0.717) is 0 Å². The molecule has 0 saturated carbocycles. The maximum atomic E-state index is 11.0. The zero-order valence-electron chi connectivity index (χ0n) is 8.51. The molecule has 0 bridgehead atoms. The second-order valence-corrected chi connectivity index (χ2v) is 5.16. The fraction of sp³-hybridized carbons (Fsp3) is 0.250. The first kappa shape index (κ1) is 9.78. The van der Waals surface area contributed by atoms with Crippen molar-refractivity contribution in [2.45, 2.75) is 5.25 Å². The molecule has 1 aliphatic heterocycles. The van der Waals surface area contributed by atoms with Crippen molar-refractivity contribution in [2.24, 2.45) is 5.92 Å². The molecule has 3 rings (SSSR count). The van der Waals surface area contributed by atoms with Gasteiger partial charge in [-0.25, -0.2) is 0 Å². The molecule has 82 valence electrons. The third kappa shape index (κ3) is 1.33. The fourth-order valence-electron chi connectivity index (χ4n) is 2.13. The average molecular weight is 233 g/mol. The summed E-state index contributed by atoms with van der Waals surface area (Å²) in [6.45, 7) is 0. The largest absolute Gasteiger partial charge is 0.481 e. The SMILES string of the molecule is O=C(O)C1CSC1c1c[nH]c2ccccc12. The van der Waals surface area contributed by atoms with Crippen LogP contribution in [0.4, 0.5) is 0 Å². The number of nitrogens with one attached hydrogen (secondary N) is 1. The molecule has 0 amide bonds. The first-order chi connectivity index (χ1) is 7.77. The third-order valence-electron chi connectivity index (χ3n) is 3.07. The number of carboxylic acid groups (broad SMARTS) is 1. The lowest BCUT2D eigenvalue weighted by atomic mass is 9.99. The molecular formula is C12H11NO2S. The zero-order chi connectivity index (χ0) is 11.1. The molecule has 16 heavy (non-hydrogen) atoms. The van der Waals surface area contributed by atoms with Gasteiger partial charge >= 0.3 is 5.97 Å². The van der Waals surface area contributed by atoms with E-state index in [-0.39, 0.29) is 11.2 Å². The van der Waals surface area contributed by atoms with Crippen molar-refractivity contribution in [3.63, 3.8) is 0 Å². The summed E-state index contributed by atoms with van der Waals surface area (Å²) in [5.74, 6) is -0.197. The number of hydrogen-bond donors (Lipinski definition) is 2. The van der Waals surface area contributed by atoms with Gasteiger partial charge in [0.15, 0.2) is 0 Å². The van der Waals surface area contributed by atoms with E-state index in [1.807, 2.05) is 30.5 Å². The topological polar surface area (TPSA) is 53.1 Å². The van der Waals surface area contributed by atoms with Gasteiger partial charge in [0.1, 0.15) is 0 Å². The lowest BCUT2D eigenvalue weighted by Crippen LogP contribution is -2.30. The van der Waals surface area contributed by atoms with Crippen LogP contribution in [0.3, 0.4) is 0 Å². The van der Waals surface area contributed by atoms with E-state index in [2.05, 4.69) is 4.98 Å². The Morgan fingerprint density at radius 1 is 1.44 bits per heavy atom. The van der Waals surface area contributed by atoms with E-state index >= 15 is 0 Å². The Hall–Kier alpha value is -1.42. The standard InChI is InChI=1S/C12H11NO2S/c14-12(15)9-6-16-11(9)8-5-13-10-4-2-1-3-7(8)10/h1-5,9,11,13H,6H2,(H,14,15). The molecule has 1 saturated heterocycles. The van der Waals surface area contributed by atoms with Gasteiger partial charge in [-0.3, -0.25) is 4.79 Å². The second-order valence-electron chi connectivity index (χ2n) is 3.99. The number of para-hydroxylation sites is 1. The molecule has 2 heterocycles. The van der Waals surface area contributed by atoms with Crippen LogP contribution in [0, 0.1) is 5.92 Å². The molecule has 4 heteroatoms. The van der Waals surface area contributed by atoms with E-state index < -0.39 is 5.97 Å². The summed E-state index contributed by atoms with van der Waals surface area (Å²) >= 11 is 1.71. The van der Waals surface area contributed by atoms with Crippen LogP contribution in [0.1, 0.15) is 10.8 Å². The van der Waals surface area contributed by atoms with E-state index in [1.165, 1.54) is 0 Å². The Balaban J connectivity index is 2.03. The molecule has 1 aromatic carbocycles. The Morgan fingerprint density at radius 2 is 2.25 bits per heavy atom. The maximum Gasteiger partial charge on any atom is 0.308 e. The molecular weight excluding hydrogens is 222 g/mol. The highest BCUT2D eigenvalue weighted by molar-refractivity contribution is 8.01. The number of carboxylic acids is 1. The number of thioether (sulfide) groups is 1. The minimum Gasteiger partial charge on any atom is -0.481 e. The monoisotopic (exact) mass is 233 g/mol. The molecule has 1 aliphatic rings. The Kier molecular flexibility index (Phi) is 2.17. The number of H-pyrrole nitrogens is 1. The first-order valence-corrected chi connectivity index (χ1v) is 6.22. The predicted molar refractivity (Wildman–Crippen MR) is 64.6 cm³/mol. The molecule has 1 aromatic heterocycles. The normalized spacial score (nSPS) is 24.2. The summed E-state index contributed by atoms with van der Waals surface area (Å²) in [6.07, 6.45) is 1.94. The summed E-state index contributed by atoms with van der Waals surface area (Å²) in [4.78, 5) is 14.2. The number of aromatic amines is 1. The number of fused-ring (bicyclic) bond motifs is 1. The Labute approximate surface area is 96.9 Å². The van der Waals surface area contributed by atoms with Gasteiger partial charge in [0, 0.05) is 28.1 Å². The highest BCUT2D eigenvalue weighted by Crippen LogP contribution is 2.49.